The van der Waals surface area contributed by atoms with E-state index in [9.17, 15) is 4.79 Å². The first kappa shape index (κ1) is 11.0. The lowest BCUT2D eigenvalue weighted by Crippen LogP contribution is -2.21. The Morgan fingerprint density at radius 1 is 1.38 bits per heavy atom. The van der Waals surface area contributed by atoms with Crippen LogP contribution in [0.1, 0.15) is 28.8 Å². The molecule has 2 rings (SSSR count). The van der Waals surface area contributed by atoms with E-state index in [1.807, 2.05) is 18.2 Å². The third kappa shape index (κ3) is 2.35. The quantitative estimate of drug-likeness (QED) is 0.844. The molecule has 86 valence electrons. The van der Waals surface area contributed by atoms with E-state index in [-0.39, 0.29) is 5.91 Å². The Bertz CT molecular complexity index is 408. The van der Waals surface area contributed by atoms with Gasteiger partial charge in [-0.1, -0.05) is 6.07 Å². The summed E-state index contributed by atoms with van der Waals surface area (Å²) in [6, 6.07) is 6.45. The highest BCUT2D eigenvalue weighted by molar-refractivity contribution is 5.95. The maximum absolute atomic E-state index is 11.8. The van der Waals surface area contributed by atoms with Gasteiger partial charge in [0.25, 0.3) is 5.91 Å². The van der Waals surface area contributed by atoms with Gasteiger partial charge in [-0.15, -0.1) is 0 Å². The average molecular weight is 218 g/mol. The van der Waals surface area contributed by atoms with Gasteiger partial charge >= 0.3 is 0 Å². The number of benzene rings is 1. The topological polar surface area (TPSA) is 32.3 Å². The summed E-state index contributed by atoms with van der Waals surface area (Å²) in [7, 11) is 3.55. The number of nitrogens with one attached hydrogen (secondary N) is 1. The predicted molar refractivity (Wildman–Crippen MR) is 65.8 cm³/mol. The van der Waals surface area contributed by atoms with Crippen LogP contribution in [-0.4, -0.2) is 30.9 Å². The summed E-state index contributed by atoms with van der Waals surface area (Å²) in [4.78, 5) is 13.4. The molecule has 0 aliphatic heterocycles. The van der Waals surface area contributed by atoms with Crippen LogP contribution in [-0.2, 0) is 0 Å². The third-order valence-corrected chi connectivity index (χ3v) is 2.83. The summed E-state index contributed by atoms with van der Waals surface area (Å²) in [5.41, 5.74) is 3.04. The van der Waals surface area contributed by atoms with Crippen molar-refractivity contribution < 1.29 is 4.79 Å². The number of amides is 1. The van der Waals surface area contributed by atoms with Gasteiger partial charge in [-0.3, -0.25) is 4.79 Å². The molecule has 0 radical (unpaired) electrons. The van der Waals surface area contributed by atoms with Crippen LogP contribution in [0.3, 0.4) is 0 Å². The SMILES string of the molecule is Cc1ccc(C(=O)N(C)C)cc1NC1CC1. The molecule has 0 bridgehead atoms. The molecule has 3 nitrogen and oxygen atoms in total. The molecule has 0 atom stereocenters. The van der Waals surface area contributed by atoms with Gasteiger partial charge in [0.05, 0.1) is 0 Å². The van der Waals surface area contributed by atoms with Crippen molar-refractivity contribution in [2.24, 2.45) is 0 Å². The molecule has 1 fully saturated rings. The maximum atomic E-state index is 11.8. The standard InChI is InChI=1S/C13H18N2O/c1-9-4-5-10(13(16)15(2)3)8-12(9)14-11-6-7-11/h4-5,8,11,14H,6-7H2,1-3H3. The normalized spacial score (nSPS) is 14.7. The van der Waals surface area contributed by atoms with Crippen LogP contribution in [0.15, 0.2) is 18.2 Å². The van der Waals surface area contributed by atoms with Gasteiger partial charge < -0.3 is 10.2 Å². The average Bonchev–Trinajstić information content (AvgIpc) is 3.04. The second-order valence-electron chi connectivity index (χ2n) is 4.65. The molecule has 1 aliphatic carbocycles. The van der Waals surface area contributed by atoms with E-state index in [0.717, 1.165) is 11.3 Å². The summed E-state index contributed by atoms with van der Waals surface area (Å²) in [5.74, 6) is 0.0545. The molecule has 1 N–H and O–H groups in total. The Hall–Kier alpha value is -1.51. The van der Waals surface area contributed by atoms with Crippen LogP contribution in [0.5, 0.6) is 0 Å². The number of aryl methyl sites for hydroxylation is 1. The fourth-order valence-corrected chi connectivity index (χ4v) is 1.62. The number of hydrogen-bond acceptors (Lipinski definition) is 2. The smallest absolute Gasteiger partial charge is 0.253 e. The van der Waals surface area contributed by atoms with Gasteiger partial charge in [-0.2, -0.15) is 0 Å². The molecule has 16 heavy (non-hydrogen) atoms. The number of nitrogens with zero attached hydrogens (tertiary/aromatic N) is 1. The van der Waals surface area contributed by atoms with Crippen LogP contribution in [0.25, 0.3) is 0 Å². The van der Waals surface area contributed by atoms with Crippen molar-refractivity contribution in [2.75, 3.05) is 19.4 Å². The van der Waals surface area contributed by atoms with Crippen molar-refractivity contribution >= 4 is 11.6 Å². The van der Waals surface area contributed by atoms with Crippen LogP contribution in [0.4, 0.5) is 5.69 Å². The van der Waals surface area contributed by atoms with Crippen molar-refractivity contribution in [3.63, 3.8) is 0 Å². The Balaban J connectivity index is 2.23. The Morgan fingerprint density at radius 3 is 2.62 bits per heavy atom. The highest BCUT2D eigenvalue weighted by atomic mass is 16.2. The number of anilines is 1. The van der Waals surface area contributed by atoms with E-state index in [0.29, 0.717) is 6.04 Å². The van der Waals surface area contributed by atoms with Gasteiger partial charge in [0.2, 0.25) is 0 Å². The maximum Gasteiger partial charge on any atom is 0.253 e. The fourth-order valence-electron chi connectivity index (χ4n) is 1.62. The van der Waals surface area contributed by atoms with Crippen LogP contribution in [0, 0.1) is 6.92 Å². The van der Waals surface area contributed by atoms with Gasteiger partial charge in [0, 0.05) is 31.4 Å². The molecule has 3 heteroatoms. The Morgan fingerprint density at radius 2 is 2.06 bits per heavy atom. The highest BCUT2D eigenvalue weighted by Gasteiger charge is 2.21. The van der Waals surface area contributed by atoms with Crippen LogP contribution < -0.4 is 5.32 Å². The summed E-state index contributed by atoms with van der Waals surface area (Å²) in [6.45, 7) is 2.06. The molecular formula is C13H18N2O. The van der Waals surface area contributed by atoms with Crippen LogP contribution >= 0.6 is 0 Å². The number of hydrogen-bond donors (Lipinski definition) is 1. The van der Waals surface area contributed by atoms with Crippen LogP contribution in [0.2, 0.25) is 0 Å². The highest BCUT2D eigenvalue weighted by Crippen LogP contribution is 2.27. The lowest BCUT2D eigenvalue weighted by molar-refractivity contribution is 0.0827. The van der Waals surface area contributed by atoms with Crippen molar-refractivity contribution in [2.45, 2.75) is 25.8 Å². The molecule has 0 spiro atoms. The third-order valence-electron chi connectivity index (χ3n) is 2.83. The molecule has 1 aromatic carbocycles. The van der Waals surface area contributed by atoms with Gasteiger partial charge in [-0.25, -0.2) is 0 Å². The van der Waals surface area contributed by atoms with E-state index in [2.05, 4.69) is 12.2 Å². The number of rotatable bonds is 3. The summed E-state index contributed by atoms with van der Waals surface area (Å²) in [5, 5.41) is 3.45. The first-order chi connectivity index (χ1) is 7.58. The zero-order valence-electron chi connectivity index (χ0n) is 10.1. The van der Waals surface area contributed by atoms with E-state index in [1.54, 1.807) is 19.0 Å². The molecule has 1 aliphatic rings. The summed E-state index contributed by atoms with van der Waals surface area (Å²) < 4.78 is 0. The first-order valence-corrected chi connectivity index (χ1v) is 5.67. The molecule has 0 saturated heterocycles. The van der Waals surface area contributed by atoms with Crippen molar-refractivity contribution in [3.05, 3.63) is 29.3 Å². The Labute approximate surface area is 96.5 Å². The molecular weight excluding hydrogens is 200 g/mol. The monoisotopic (exact) mass is 218 g/mol. The van der Waals surface area contributed by atoms with E-state index in [1.165, 1.54) is 18.4 Å². The lowest BCUT2D eigenvalue weighted by Gasteiger charge is -2.13. The summed E-state index contributed by atoms with van der Waals surface area (Å²) in [6.07, 6.45) is 2.48. The van der Waals surface area contributed by atoms with Crippen molar-refractivity contribution in [1.29, 1.82) is 0 Å². The fraction of sp³-hybridized carbons (Fsp3) is 0.462. The molecule has 0 heterocycles. The number of carbonyl (C=O) groups excluding carboxylic acids is 1. The van der Waals surface area contributed by atoms with Gasteiger partial charge in [-0.05, 0) is 37.5 Å². The number of carbonyl (C=O) groups is 1. The first-order valence-electron chi connectivity index (χ1n) is 5.67. The molecule has 0 aromatic heterocycles. The minimum Gasteiger partial charge on any atom is -0.382 e. The zero-order valence-corrected chi connectivity index (χ0v) is 10.1. The predicted octanol–water partition coefficient (Wildman–Crippen LogP) is 2.27. The van der Waals surface area contributed by atoms with Gasteiger partial charge in [0.1, 0.15) is 0 Å². The summed E-state index contributed by atoms with van der Waals surface area (Å²) >= 11 is 0. The second-order valence-corrected chi connectivity index (χ2v) is 4.65. The van der Waals surface area contributed by atoms with Crippen molar-refractivity contribution in [3.8, 4) is 0 Å². The minimum atomic E-state index is 0.0545. The zero-order chi connectivity index (χ0) is 11.7. The molecule has 1 aromatic rings. The largest absolute Gasteiger partial charge is 0.382 e. The van der Waals surface area contributed by atoms with E-state index >= 15 is 0 Å². The van der Waals surface area contributed by atoms with Crippen molar-refractivity contribution in [1.82, 2.24) is 4.90 Å². The van der Waals surface area contributed by atoms with E-state index in [4.69, 9.17) is 0 Å². The molecule has 1 amide bonds. The van der Waals surface area contributed by atoms with Gasteiger partial charge in [0.15, 0.2) is 0 Å². The second kappa shape index (κ2) is 4.16. The molecule has 1 saturated carbocycles. The minimum absolute atomic E-state index is 0.0545. The van der Waals surface area contributed by atoms with E-state index < -0.39 is 0 Å². The Kier molecular flexibility index (Phi) is 2.86. The molecule has 0 unspecified atom stereocenters. The lowest BCUT2D eigenvalue weighted by atomic mass is 10.1.